The second-order valence-corrected chi connectivity index (χ2v) is 14.0. The van der Waals surface area contributed by atoms with Crippen molar-refractivity contribution in [2.75, 3.05) is 63.8 Å². The molecule has 0 aliphatic carbocycles. The van der Waals surface area contributed by atoms with Crippen LogP contribution in [0.4, 0.5) is 5.69 Å². The minimum atomic E-state index is -4.38. The van der Waals surface area contributed by atoms with Crippen LogP contribution in [0.15, 0.2) is 71.8 Å². The first kappa shape index (κ1) is 32.9. The van der Waals surface area contributed by atoms with Crippen LogP contribution < -0.4 is 13.8 Å². The number of sulfonamides is 1. The lowest BCUT2D eigenvalue weighted by atomic mass is 9.72. The van der Waals surface area contributed by atoms with E-state index >= 15 is 0 Å². The number of likely N-dealkylation sites (tertiary alicyclic amines) is 1. The Kier molecular flexibility index (Phi) is 9.54. The molecule has 0 spiro atoms. The summed E-state index contributed by atoms with van der Waals surface area (Å²) in [7, 11) is -2.89. The van der Waals surface area contributed by atoms with E-state index in [9.17, 15) is 18.0 Å². The number of piperidine rings is 1. The van der Waals surface area contributed by atoms with Crippen molar-refractivity contribution >= 4 is 27.5 Å². The molecule has 0 bridgehead atoms. The molecule has 250 valence electrons. The Morgan fingerprint density at radius 3 is 2.26 bits per heavy atom. The van der Waals surface area contributed by atoms with Gasteiger partial charge >= 0.3 is 0 Å². The van der Waals surface area contributed by atoms with E-state index in [0.29, 0.717) is 36.0 Å². The maximum absolute atomic E-state index is 15.0. The van der Waals surface area contributed by atoms with Crippen LogP contribution in [0.2, 0.25) is 0 Å². The van der Waals surface area contributed by atoms with Gasteiger partial charge in [-0.25, -0.2) is 17.7 Å². The Labute approximate surface area is 277 Å². The van der Waals surface area contributed by atoms with Crippen molar-refractivity contribution in [3.05, 3.63) is 78.0 Å². The molecule has 12 heteroatoms. The van der Waals surface area contributed by atoms with Crippen molar-refractivity contribution in [3.63, 3.8) is 0 Å². The zero-order chi connectivity index (χ0) is 33.2. The first-order valence-electron chi connectivity index (χ1n) is 16.4. The summed E-state index contributed by atoms with van der Waals surface area (Å²) in [6, 6.07) is 16.6. The van der Waals surface area contributed by atoms with Gasteiger partial charge < -0.3 is 19.3 Å². The van der Waals surface area contributed by atoms with Crippen LogP contribution in [-0.4, -0.2) is 105 Å². The monoisotopic (exact) mass is 661 g/mol. The van der Waals surface area contributed by atoms with Gasteiger partial charge in [0, 0.05) is 50.4 Å². The highest BCUT2D eigenvalue weighted by atomic mass is 32.2. The van der Waals surface area contributed by atoms with Crippen molar-refractivity contribution in [2.45, 2.75) is 49.5 Å². The SMILES string of the molecule is CCOc1ncccc1C1(CC(=O)N2CCN(C3CCN(CC)CC3)CC2)C(=O)N(S(=O)(=O)c2ccc(OC)cc2)c2ccccc21. The Hall–Kier alpha value is -4.00. The quantitative estimate of drug-likeness (QED) is 0.322. The minimum Gasteiger partial charge on any atom is -0.497 e. The molecule has 1 atom stereocenters. The number of methoxy groups -OCH3 is 1. The zero-order valence-corrected chi connectivity index (χ0v) is 28.1. The number of benzene rings is 2. The Morgan fingerprint density at radius 2 is 1.60 bits per heavy atom. The van der Waals surface area contributed by atoms with Gasteiger partial charge in [-0.2, -0.15) is 0 Å². The lowest BCUT2D eigenvalue weighted by Crippen LogP contribution is -2.55. The van der Waals surface area contributed by atoms with Crippen LogP contribution in [0.1, 0.15) is 44.2 Å². The van der Waals surface area contributed by atoms with Gasteiger partial charge in [0.1, 0.15) is 11.2 Å². The van der Waals surface area contributed by atoms with Crippen molar-refractivity contribution in [1.82, 2.24) is 19.7 Å². The highest BCUT2D eigenvalue weighted by Gasteiger charge is 2.58. The normalized spacial score (nSPS) is 21.1. The summed E-state index contributed by atoms with van der Waals surface area (Å²) in [6.45, 7) is 10.1. The number of pyridine rings is 1. The predicted molar refractivity (Wildman–Crippen MR) is 178 cm³/mol. The summed E-state index contributed by atoms with van der Waals surface area (Å²) in [4.78, 5) is 40.4. The molecule has 1 aromatic heterocycles. The summed E-state index contributed by atoms with van der Waals surface area (Å²) >= 11 is 0. The summed E-state index contributed by atoms with van der Waals surface area (Å²) in [5.74, 6) is -0.278. The number of nitrogens with zero attached hydrogens (tertiary/aromatic N) is 5. The summed E-state index contributed by atoms with van der Waals surface area (Å²) in [5.41, 5.74) is -0.696. The molecule has 2 amide bonds. The van der Waals surface area contributed by atoms with E-state index in [0.717, 1.165) is 49.9 Å². The van der Waals surface area contributed by atoms with Crippen molar-refractivity contribution in [2.24, 2.45) is 0 Å². The molecule has 2 fully saturated rings. The van der Waals surface area contributed by atoms with Crippen LogP contribution in [-0.2, 0) is 25.0 Å². The molecule has 4 heterocycles. The average Bonchev–Trinajstić information content (AvgIpc) is 3.36. The molecule has 0 saturated carbocycles. The van der Waals surface area contributed by atoms with Crippen LogP contribution in [0.25, 0.3) is 0 Å². The van der Waals surface area contributed by atoms with Crippen molar-refractivity contribution < 1.29 is 27.5 Å². The predicted octanol–water partition coefficient (Wildman–Crippen LogP) is 3.53. The van der Waals surface area contributed by atoms with Crippen LogP contribution in [0.3, 0.4) is 0 Å². The lowest BCUT2D eigenvalue weighted by molar-refractivity contribution is -0.137. The van der Waals surface area contributed by atoms with Crippen LogP contribution in [0, 0.1) is 0 Å². The maximum atomic E-state index is 15.0. The Morgan fingerprint density at radius 1 is 0.915 bits per heavy atom. The first-order chi connectivity index (χ1) is 22.7. The highest BCUT2D eigenvalue weighted by molar-refractivity contribution is 7.93. The third-order valence-electron chi connectivity index (χ3n) is 9.85. The summed E-state index contributed by atoms with van der Waals surface area (Å²) < 4.78 is 40.5. The van der Waals surface area contributed by atoms with Crippen molar-refractivity contribution in [1.29, 1.82) is 0 Å². The van der Waals surface area contributed by atoms with Gasteiger partial charge in [-0.15, -0.1) is 0 Å². The number of carbonyl (C=O) groups excluding carboxylic acids is 2. The molecule has 47 heavy (non-hydrogen) atoms. The van der Waals surface area contributed by atoms with Crippen molar-refractivity contribution in [3.8, 4) is 11.6 Å². The lowest BCUT2D eigenvalue weighted by Gasteiger charge is -2.43. The van der Waals surface area contributed by atoms with E-state index in [-0.39, 0.29) is 35.4 Å². The van der Waals surface area contributed by atoms with Gasteiger partial charge in [-0.1, -0.05) is 31.2 Å². The number of ether oxygens (including phenoxy) is 2. The standard InChI is InChI=1S/C35H43N5O6S/c1-4-37-19-16-26(17-20-37)38-21-23-39(24-22-38)32(41)25-35(30-10-8-18-36-33(30)46-5-2)29-9-6-7-11-31(29)40(34(35)42)47(43,44)28-14-12-27(45-3)13-15-28/h6-15,18,26H,4-5,16-17,19-25H2,1-3H3. The molecule has 2 aromatic carbocycles. The third kappa shape index (κ3) is 5.98. The maximum Gasteiger partial charge on any atom is 0.270 e. The molecular formula is C35H43N5O6S. The number of carbonyl (C=O) groups is 2. The van der Waals surface area contributed by atoms with Crippen LogP contribution >= 0.6 is 0 Å². The summed E-state index contributed by atoms with van der Waals surface area (Å²) in [6.07, 6.45) is 3.54. The number of amides is 2. The number of rotatable bonds is 10. The molecule has 1 unspecified atom stereocenters. The molecule has 2 saturated heterocycles. The first-order valence-corrected chi connectivity index (χ1v) is 17.8. The second-order valence-electron chi connectivity index (χ2n) is 12.2. The molecule has 6 rings (SSSR count). The Balaban J connectivity index is 1.36. The van der Waals surface area contributed by atoms with Gasteiger partial charge in [0.15, 0.2) is 0 Å². The van der Waals surface area contributed by atoms with Gasteiger partial charge in [-0.05, 0) is 81.4 Å². The third-order valence-corrected chi connectivity index (χ3v) is 11.6. The van der Waals surface area contributed by atoms with Crippen LogP contribution in [0.5, 0.6) is 11.6 Å². The fourth-order valence-electron chi connectivity index (χ4n) is 7.27. The molecule has 0 radical (unpaired) electrons. The number of aromatic nitrogens is 1. The average molecular weight is 662 g/mol. The number of piperazine rings is 1. The highest BCUT2D eigenvalue weighted by Crippen LogP contribution is 2.52. The number of anilines is 1. The number of hydrogen-bond acceptors (Lipinski definition) is 9. The zero-order valence-electron chi connectivity index (χ0n) is 27.3. The van der Waals surface area contributed by atoms with E-state index in [1.54, 1.807) is 42.6 Å². The van der Waals surface area contributed by atoms with Gasteiger partial charge in [0.05, 0.1) is 24.3 Å². The molecule has 3 aliphatic rings. The molecule has 3 aromatic rings. The topological polar surface area (TPSA) is 113 Å². The molecule has 11 nitrogen and oxygen atoms in total. The Bertz CT molecular complexity index is 1700. The van der Waals surface area contributed by atoms with E-state index in [2.05, 4.69) is 21.7 Å². The smallest absolute Gasteiger partial charge is 0.270 e. The van der Waals surface area contributed by atoms with E-state index in [4.69, 9.17) is 9.47 Å². The second kappa shape index (κ2) is 13.6. The van der Waals surface area contributed by atoms with Gasteiger partial charge in [0.25, 0.3) is 15.9 Å². The fourth-order valence-corrected chi connectivity index (χ4v) is 8.75. The van der Waals surface area contributed by atoms with Gasteiger partial charge in [-0.3, -0.25) is 14.5 Å². The van der Waals surface area contributed by atoms with Gasteiger partial charge in [0.2, 0.25) is 11.8 Å². The number of para-hydroxylation sites is 1. The van der Waals surface area contributed by atoms with E-state index in [1.165, 1.54) is 31.4 Å². The van der Waals surface area contributed by atoms with E-state index < -0.39 is 21.3 Å². The largest absolute Gasteiger partial charge is 0.497 e. The molecule has 0 N–H and O–H groups in total. The van der Waals surface area contributed by atoms with E-state index in [1.807, 2.05) is 11.8 Å². The number of hydrogen-bond donors (Lipinski definition) is 0. The molecule has 3 aliphatic heterocycles. The molecular weight excluding hydrogens is 618 g/mol. The summed E-state index contributed by atoms with van der Waals surface area (Å²) in [5, 5.41) is 0. The number of fused-ring (bicyclic) bond motifs is 1. The minimum absolute atomic E-state index is 0.0688. The fraction of sp³-hybridized carbons (Fsp3) is 0.457.